The highest BCUT2D eigenvalue weighted by Crippen LogP contribution is 2.23. The summed E-state index contributed by atoms with van der Waals surface area (Å²) in [6.45, 7) is 2.34. The maximum absolute atomic E-state index is 11.5. The van der Waals surface area contributed by atoms with E-state index in [2.05, 4.69) is 4.98 Å². The van der Waals surface area contributed by atoms with Crippen LogP contribution < -0.4 is 0 Å². The molecule has 2 atom stereocenters. The molecule has 1 aliphatic heterocycles. The van der Waals surface area contributed by atoms with Crippen molar-refractivity contribution in [2.45, 2.75) is 25.5 Å². The third kappa shape index (κ3) is 1.99. The summed E-state index contributed by atoms with van der Waals surface area (Å²) in [5, 5.41) is 9.38. The molecule has 0 bridgehead atoms. The minimum Gasteiger partial charge on any atom is -0.391 e. The first-order valence-electron chi connectivity index (χ1n) is 5.07. The molecule has 4 nitrogen and oxygen atoms in total. The zero-order chi connectivity index (χ0) is 10.8. The van der Waals surface area contributed by atoms with Crippen molar-refractivity contribution in [2.75, 3.05) is 6.54 Å². The Morgan fingerprint density at radius 2 is 2.40 bits per heavy atom. The van der Waals surface area contributed by atoms with Crippen LogP contribution in [0.25, 0.3) is 0 Å². The van der Waals surface area contributed by atoms with Gasteiger partial charge in [0.25, 0.3) is 0 Å². The lowest BCUT2D eigenvalue weighted by atomic mass is 10.2. The predicted octanol–water partition coefficient (Wildman–Crippen LogP) is 0.736. The molecule has 0 aliphatic carbocycles. The Kier molecular flexibility index (Phi) is 2.68. The van der Waals surface area contributed by atoms with Gasteiger partial charge in [-0.2, -0.15) is 0 Å². The quantitative estimate of drug-likeness (QED) is 0.776. The predicted molar refractivity (Wildman–Crippen MR) is 55.0 cm³/mol. The van der Waals surface area contributed by atoms with Crippen LogP contribution in [0.1, 0.15) is 25.1 Å². The molecule has 1 amide bonds. The monoisotopic (exact) mass is 206 g/mol. The van der Waals surface area contributed by atoms with Gasteiger partial charge in [0.1, 0.15) is 0 Å². The first-order valence-corrected chi connectivity index (χ1v) is 5.07. The van der Waals surface area contributed by atoms with E-state index in [4.69, 9.17) is 0 Å². The molecule has 0 spiro atoms. The number of rotatable bonds is 2. The molecule has 1 N–H and O–H groups in total. The SMILES string of the molecule is CC(c1ccccn1)N1CC(O)CC1=O. The van der Waals surface area contributed by atoms with Gasteiger partial charge in [0, 0.05) is 12.7 Å². The maximum atomic E-state index is 11.5. The summed E-state index contributed by atoms with van der Waals surface area (Å²) in [6, 6.07) is 5.57. The average Bonchev–Trinajstić information content (AvgIpc) is 2.58. The number of hydrogen-bond donors (Lipinski definition) is 1. The van der Waals surface area contributed by atoms with Crippen molar-refractivity contribution in [1.82, 2.24) is 9.88 Å². The van der Waals surface area contributed by atoms with E-state index in [1.54, 1.807) is 11.1 Å². The summed E-state index contributed by atoms with van der Waals surface area (Å²) in [7, 11) is 0. The van der Waals surface area contributed by atoms with Crippen LogP contribution in [0.4, 0.5) is 0 Å². The summed E-state index contributed by atoms with van der Waals surface area (Å²) in [4.78, 5) is 17.4. The van der Waals surface area contributed by atoms with Gasteiger partial charge in [0.2, 0.25) is 5.91 Å². The van der Waals surface area contributed by atoms with Gasteiger partial charge in [-0.15, -0.1) is 0 Å². The fourth-order valence-electron chi connectivity index (χ4n) is 1.87. The van der Waals surface area contributed by atoms with Gasteiger partial charge in [-0.05, 0) is 19.1 Å². The van der Waals surface area contributed by atoms with Crippen molar-refractivity contribution in [3.63, 3.8) is 0 Å². The van der Waals surface area contributed by atoms with Crippen LogP contribution >= 0.6 is 0 Å². The summed E-state index contributed by atoms with van der Waals surface area (Å²) in [6.07, 6.45) is 1.42. The molecule has 0 radical (unpaired) electrons. The highest BCUT2D eigenvalue weighted by atomic mass is 16.3. The van der Waals surface area contributed by atoms with Crippen LogP contribution in [-0.2, 0) is 4.79 Å². The molecule has 0 aromatic carbocycles. The number of likely N-dealkylation sites (tertiary alicyclic amines) is 1. The molecule has 1 saturated heterocycles. The van der Waals surface area contributed by atoms with Gasteiger partial charge in [-0.1, -0.05) is 6.07 Å². The minimum absolute atomic E-state index is 0.000605. The Morgan fingerprint density at radius 3 is 2.93 bits per heavy atom. The van der Waals surface area contributed by atoms with Gasteiger partial charge >= 0.3 is 0 Å². The lowest BCUT2D eigenvalue weighted by Gasteiger charge is -2.23. The van der Waals surface area contributed by atoms with Crippen LogP contribution in [0.5, 0.6) is 0 Å². The number of amides is 1. The van der Waals surface area contributed by atoms with Crippen LogP contribution in [0.2, 0.25) is 0 Å². The largest absolute Gasteiger partial charge is 0.391 e. The second kappa shape index (κ2) is 3.98. The van der Waals surface area contributed by atoms with E-state index < -0.39 is 6.10 Å². The second-order valence-corrected chi connectivity index (χ2v) is 3.83. The Bertz CT molecular complexity index is 353. The van der Waals surface area contributed by atoms with E-state index in [0.29, 0.717) is 6.54 Å². The molecule has 1 fully saturated rings. The molecule has 15 heavy (non-hydrogen) atoms. The third-order valence-corrected chi connectivity index (χ3v) is 2.72. The van der Waals surface area contributed by atoms with E-state index in [1.165, 1.54) is 0 Å². The van der Waals surface area contributed by atoms with Crippen molar-refractivity contribution in [1.29, 1.82) is 0 Å². The summed E-state index contributed by atoms with van der Waals surface area (Å²) in [5.41, 5.74) is 0.861. The fraction of sp³-hybridized carbons (Fsp3) is 0.455. The average molecular weight is 206 g/mol. The summed E-state index contributed by atoms with van der Waals surface area (Å²) in [5.74, 6) is 0.000605. The zero-order valence-corrected chi connectivity index (χ0v) is 8.63. The van der Waals surface area contributed by atoms with E-state index in [0.717, 1.165) is 5.69 Å². The number of carbonyl (C=O) groups is 1. The van der Waals surface area contributed by atoms with E-state index in [1.807, 2.05) is 25.1 Å². The fourth-order valence-corrected chi connectivity index (χ4v) is 1.87. The molecular weight excluding hydrogens is 192 g/mol. The topological polar surface area (TPSA) is 53.4 Å². The standard InChI is InChI=1S/C11H14N2O2/c1-8(10-4-2-3-5-12-10)13-7-9(14)6-11(13)15/h2-5,8-9,14H,6-7H2,1H3. The van der Waals surface area contributed by atoms with Crippen LogP contribution in [-0.4, -0.2) is 33.5 Å². The van der Waals surface area contributed by atoms with Gasteiger partial charge in [0.05, 0.1) is 24.3 Å². The molecule has 2 unspecified atom stereocenters. The molecule has 1 aromatic rings. The number of aliphatic hydroxyl groups is 1. The Hall–Kier alpha value is -1.42. The van der Waals surface area contributed by atoms with Gasteiger partial charge in [-0.3, -0.25) is 9.78 Å². The summed E-state index contributed by atoms with van der Waals surface area (Å²) < 4.78 is 0. The number of hydrogen-bond acceptors (Lipinski definition) is 3. The molecule has 1 aromatic heterocycles. The van der Waals surface area contributed by atoms with Crippen molar-refractivity contribution < 1.29 is 9.90 Å². The highest BCUT2D eigenvalue weighted by Gasteiger charge is 2.32. The van der Waals surface area contributed by atoms with Crippen LogP contribution in [0.3, 0.4) is 0 Å². The maximum Gasteiger partial charge on any atom is 0.225 e. The van der Waals surface area contributed by atoms with E-state index >= 15 is 0 Å². The number of aromatic nitrogens is 1. The van der Waals surface area contributed by atoms with Crippen LogP contribution in [0.15, 0.2) is 24.4 Å². The number of β-amino-alcohol motifs (C(OH)–C–C–N with tert-alkyl or cyclic N) is 1. The van der Waals surface area contributed by atoms with E-state index in [-0.39, 0.29) is 18.4 Å². The van der Waals surface area contributed by atoms with Crippen LogP contribution in [0, 0.1) is 0 Å². The van der Waals surface area contributed by atoms with Crippen molar-refractivity contribution in [2.24, 2.45) is 0 Å². The lowest BCUT2D eigenvalue weighted by molar-refractivity contribution is -0.129. The normalized spacial score (nSPS) is 23.2. The van der Waals surface area contributed by atoms with Gasteiger partial charge < -0.3 is 10.0 Å². The van der Waals surface area contributed by atoms with Crippen molar-refractivity contribution >= 4 is 5.91 Å². The molecule has 0 saturated carbocycles. The Morgan fingerprint density at radius 1 is 1.60 bits per heavy atom. The molecule has 4 heteroatoms. The van der Waals surface area contributed by atoms with E-state index in [9.17, 15) is 9.90 Å². The third-order valence-electron chi connectivity index (χ3n) is 2.72. The lowest BCUT2D eigenvalue weighted by Crippen LogP contribution is -2.29. The minimum atomic E-state index is -0.524. The summed E-state index contributed by atoms with van der Waals surface area (Å²) >= 11 is 0. The molecule has 2 rings (SSSR count). The van der Waals surface area contributed by atoms with Crippen molar-refractivity contribution in [3.05, 3.63) is 30.1 Å². The van der Waals surface area contributed by atoms with Gasteiger partial charge in [0.15, 0.2) is 0 Å². The zero-order valence-electron chi connectivity index (χ0n) is 8.63. The second-order valence-electron chi connectivity index (χ2n) is 3.83. The number of pyridine rings is 1. The first kappa shape index (κ1) is 10.1. The highest BCUT2D eigenvalue weighted by molar-refractivity contribution is 5.79. The number of carbonyl (C=O) groups excluding carboxylic acids is 1. The Balaban J connectivity index is 2.15. The molecule has 1 aliphatic rings. The first-order chi connectivity index (χ1) is 7.18. The smallest absolute Gasteiger partial charge is 0.225 e. The Labute approximate surface area is 88.6 Å². The molecule has 80 valence electrons. The number of aliphatic hydroxyl groups excluding tert-OH is 1. The van der Waals surface area contributed by atoms with Gasteiger partial charge in [-0.25, -0.2) is 0 Å². The molecule has 2 heterocycles. The van der Waals surface area contributed by atoms with Crippen molar-refractivity contribution in [3.8, 4) is 0 Å². The molecular formula is C11H14N2O2. The number of nitrogens with zero attached hydrogens (tertiary/aromatic N) is 2.